The van der Waals surface area contributed by atoms with E-state index in [-0.39, 0.29) is 24.4 Å². The van der Waals surface area contributed by atoms with Gasteiger partial charge in [0.05, 0.1) is 12.2 Å². The van der Waals surface area contributed by atoms with Crippen molar-refractivity contribution in [1.82, 2.24) is 0 Å². The van der Waals surface area contributed by atoms with Gasteiger partial charge < -0.3 is 14.6 Å². The second kappa shape index (κ2) is 2.44. The monoisotopic (exact) mass is 158 g/mol. The Morgan fingerprint density at radius 3 is 2.64 bits per heavy atom. The topological polar surface area (TPSA) is 42.0 Å². The summed E-state index contributed by atoms with van der Waals surface area (Å²) < 4.78 is 10.8. The first kappa shape index (κ1) is 7.53. The van der Waals surface area contributed by atoms with Crippen LogP contribution in [0.1, 0.15) is 20.3 Å². The summed E-state index contributed by atoms with van der Waals surface area (Å²) in [6.45, 7) is 4.02. The summed E-state index contributed by atoms with van der Waals surface area (Å²) in [4.78, 5) is 0. The molecule has 1 N–H and O–H groups in total. The molecule has 0 amide bonds. The molecule has 2 aliphatic heterocycles. The van der Waals surface area contributed by atoms with Crippen LogP contribution in [-0.2, 0) is 9.47 Å². The third kappa shape index (κ3) is 1.08. The lowest BCUT2D eigenvalue weighted by Crippen LogP contribution is -2.43. The van der Waals surface area contributed by atoms with Gasteiger partial charge in [0, 0.05) is 0 Å². The van der Waals surface area contributed by atoms with Crippen molar-refractivity contribution in [1.29, 1.82) is 0 Å². The summed E-state index contributed by atoms with van der Waals surface area (Å²) in [5.41, 5.74) is 0. The van der Waals surface area contributed by atoms with E-state index in [9.17, 15) is 5.11 Å². The number of fused-ring (bicyclic) bond motifs is 1. The van der Waals surface area contributed by atoms with E-state index >= 15 is 0 Å². The highest BCUT2D eigenvalue weighted by molar-refractivity contribution is 5.01. The van der Waals surface area contributed by atoms with Crippen LogP contribution in [0.3, 0.4) is 0 Å². The van der Waals surface area contributed by atoms with E-state index in [0.29, 0.717) is 0 Å². The molecule has 3 heteroatoms. The summed E-state index contributed by atoms with van der Waals surface area (Å²) in [5, 5.41) is 9.55. The Labute approximate surface area is 66.3 Å². The van der Waals surface area contributed by atoms with Crippen molar-refractivity contribution in [3.8, 4) is 0 Å². The molecule has 5 unspecified atom stereocenters. The van der Waals surface area contributed by atoms with Crippen molar-refractivity contribution in [2.24, 2.45) is 0 Å². The number of hydrogen-bond donors (Lipinski definition) is 1. The third-order valence-corrected chi connectivity index (χ3v) is 2.53. The molecule has 0 spiro atoms. The summed E-state index contributed by atoms with van der Waals surface area (Å²) in [7, 11) is 0. The smallest absolute Gasteiger partial charge is 0.115 e. The summed E-state index contributed by atoms with van der Waals surface area (Å²) in [6, 6.07) is 0. The Hall–Kier alpha value is -0.120. The standard InChI is InChI=1S/C8H14O3/c1-3-5-6(9)8-7(11-8)4(2)10-5/h4-9H,3H2,1-2H3. The van der Waals surface area contributed by atoms with Crippen LogP contribution in [0, 0.1) is 0 Å². The van der Waals surface area contributed by atoms with Crippen molar-refractivity contribution in [3.05, 3.63) is 0 Å². The molecule has 2 fully saturated rings. The third-order valence-electron chi connectivity index (χ3n) is 2.53. The molecule has 2 rings (SSSR count). The molecule has 2 heterocycles. The molecule has 0 radical (unpaired) electrons. The maximum Gasteiger partial charge on any atom is 0.115 e. The second-order valence-electron chi connectivity index (χ2n) is 3.34. The van der Waals surface area contributed by atoms with Crippen molar-refractivity contribution in [2.75, 3.05) is 0 Å². The molecule has 0 aromatic heterocycles. The quantitative estimate of drug-likeness (QED) is 0.558. The number of hydrogen-bond acceptors (Lipinski definition) is 3. The van der Waals surface area contributed by atoms with Crippen LogP contribution in [0.2, 0.25) is 0 Å². The van der Waals surface area contributed by atoms with Crippen LogP contribution in [-0.4, -0.2) is 35.6 Å². The van der Waals surface area contributed by atoms with E-state index in [4.69, 9.17) is 9.47 Å². The molecule has 0 aliphatic carbocycles. The molecule has 0 aromatic rings. The lowest BCUT2D eigenvalue weighted by molar-refractivity contribution is -0.0941. The normalized spacial score (nSPS) is 55.4. The molecule has 2 saturated heterocycles. The highest BCUT2D eigenvalue weighted by Crippen LogP contribution is 2.37. The van der Waals surface area contributed by atoms with Crippen LogP contribution in [0.15, 0.2) is 0 Å². The van der Waals surface area contributed by atoms with Gasteiger partial charge in [0.1, 0.15) is 18.3 Å². The summed E-state index contributed by atoms with van der Waals surface area (Å²) in [6.07, 6.45) is 0.817. The van der Waals surface area contributed by atoms with Gasteiger partial charge in [-0.3, -0.25) is 0 Å². The number of ether oxygens (including phenoxy) is 2. The van der Waals surface area contributed by atoms with Crippen molar-refractivity contribution >= 4 is 0 Å². The van der Waals surface area contributed by atoms with Crippen LogP contribution in [0.25, 0.3) is 0 Å². The first-order chi connectivity index (χ1) is 5.24. The van der Waals surface area contributed by atoms with Gasteiger partial charge in [-0.25, -0.2) is 0 Å². The fraction of sp³-hybridized carbons (Fsp3) is 1.00. The minimum atomic E-state index is -0.402. The number of epoxide rings is 1. The lowest BCUT2D eigenvalue weighted by atomic mass is 10.0. The van der Waals surface area contributed by atoms with Crippen molar-refractivity contribution in [3.63, 3.8) is 0 Å². The number of rotatable bonds is 1. The van der Waals surface area contributed by atoms with E-state index in [1.165, 1.54) is 0 Å². The minimum Gasteiger partial charge on any atom is -0.388 e. The first-order valence-corrected chi connectivity index (χ1v) is 4.23. The van der Waals surface area contributed by atoms with E-state index in [1.807, 2.05) is 13.8 Å². The lowest BCUT2D eigenvalue weighted by Gasteiger charge is -2.28. The van der Waals surface area contributed by atoms with E-state index in [1.54, 1.807) is 0 Å². The van der Waals surface area contributed by atoms with Crippen LogP contribution in [0.5, 0.6) is 0 Å². The van der Waals surface area contributed by atoms with Gasteiger partial charge >= 0.3 is 0 Å². The first-order valence-electron chi connectivity index (χ1n) is 4.23. The van der Waals surface area contributed by atoms with Crippen LogP contribution < -0.4 is 0 Å². The Bertz CT molecular complexity index is 159. The van der Waals surface area contributed by atoms with E-state index in [0.717, 1.165) is 6.42 Å². The van der Waals surface area contributed by atoms with Gasteiger partial charge in [-0.2, -0.15) is 0 Å². The molecule has 64 valence electrons. The molecular weight excluding hydrogens is 144 g/mol. The Balaban J connectivity index is 2.02. The number of aliphatic hydroxyl groups excluding tert-OH is 1. The zero-order chi connectivity index (χ0) is 8.01. The SMILES string of the molecule is CCC1OC(C)C2OC2C1O. The van der Waals surface area contributed by atoms with Gasteiger partial charge in [0.15, 0.2) is 0 Å². The maximum absolute atomic E-state index is 9.55. The van der Waals surface area contributed by atoms with Gasteiger partial charge in [0.25, 0.3) is 0 Å². The Morgan fingerprint density at radius 1 is 1.27 bits per heavy atom. The molecule has 5 atom stereocenters. The average Bonchev–Trinajstić information content (AvgIpc) is 2.75. The summed E-state index contributed by atoms with van der Waals surface area (Å²) in [5.74, 6) is 0. The van der Waals surface area contributed by atoms with Gasteiger partial charge in [-0.15, -0.1) is 0 Å². The van der Waals surface area contributed by atoms with Crippen molar-refractivity contribution < 1.29 is 14.6 Å². The predicted octanol–water partition coefficient (Wildman–Crippen LogP) is 0.312. The van der Waals surface area contributed by atoms with Crippen LogP contribution >= 0.6 is 0 Å². The zero-order valence-corrected chi connectivity index (χ0v) is 6.86. The highest BCUT2D eigenvalue weighted by atomic mass is 16.7. The summed E-state index contributed by atoms with van der Waals surface area (Å²) >= 11 is 0. The molecule has 11 heavy (non-hydrogen) atoms. The van der Waals surface area contributed by atoms with Crippen LogP contribution in [0.4, 0.5) is 0 Å². The molecule has 0 saturated carbocycles. The molecule has 2 aliphatic rings. The fourth-order valence-corrected chi connectivity index (χ4v) is 1.77. The van der Waals surface area contributed by atoms with Gasteiger partial charge in [-0.05, 0) is 13.3 Å². The predicted molar refractivity (Wildman–Crippen MR) is 39.3 cm³/mol. The second-order valence-corrected chi connectivity index (χ2v) is 3.34. The Kier molecular flexibility index (Phi) is 1.67. The minimum absolute atomic E-state index is 0.0197. The average molecular weight is 158 g/mol. The van der Waals surface area contributed by atoms with E-state index < -0.39 is 6.10 Å². The molecule has 0 aromatic carbocycles. The highest BCUT2D eigenvalue weighted by Gasteiger charge is 2.55. The van der Waals surface area contributed by atoms with Crippen molar-refractivity contribution in [2.45, 2.75) is 50.8 Å². The fourth-order valence-electron chi connectivity index (χ4n) is 1.77. The molecular formula is C8H14O3. The van der Waals surface area contributed by atoms with Gasteiger partial charge in [-0.1, -0.05) is 6.92 Å². The Morgan fingerprint density at radius 2 is 2.00 bits per heavy atom. The molecule has 0 bridgehead atoms. The zero-order valence-electron chi connectivity index (χ0n) is 6.86. The largest absolute Gasteiger partial charge is 0.388 e. The number of aliphatic hydroxyl groups is 1. The molecule has 3 nitrogen and oxygen atoms in total. The van der Waals surface area contributed by atoms with E-state index in [2.05, 4.69) is 0 Å². The maximum atomic E-state index is 9.55. The van der Waals surface area contributed by atoms with Gasteiger partial charge in [0.2, 0.25) is 0 Å².